The summed E-state index contributed by atoms with van der Waals surface area (Å²) >= 11 is 5.92. The molecular formula is C24H25ClN4O. The molecule has 5 nitrogen and oxygen atoms in total. The molecule has 1 N–H and O–H groups in total. The van der Waals surface area contributed by atoms with Crippen molar-refractivity contribution < 1.29 is 4.79 Å². The highest BCUT2D eigenvalue weighted by Crippen LogP contribution is 2.23. The van der Waals surface area contributed by atoms with Gasteiger partial charge in [0.15, 0.2) is 5.82 Å². The number of piperidine rings is 1. The van der Waals surface area contributed by atoms with Crippen molar-refractivity contribution in [3.8, 4) is 11.3 Å². The molecule has 0 bridgehead atoms. The topological polar surface area (TPSA) is 58.1 Å². The molecule has 1 amide bonds. The van der Waals surface area contributed by atoms with Gasteiger partial charge in [0.05, 0.1) is 11.6 Å². The number of amides is 1. The van der Waals surface area contributed by atoms with Gasteiger partial charge in [-0.2, -0.15) is 0 Å². The Kier molecular flexibility index (Phi) is 6.60. The second-order valence-corrected chi connectivity index (χ2v) is 8.03. The molecule has 3 aromatic rings. The van der Waals surface area contributed by atoms with E-state index >= 15 is 0 Å². The van der Waals surface area contributed by atoms with Crippen molar-refractivity contribution in [2.75, 3.05) is 24.5 Å². The lowest BCUT2D eigenvalue weighted by atomic mass is 9.97. The molecule has 0 saturated carbocycles. The van der Waals surface area contributed by atoms with Crippen molar-refractivity contribution in [1.82, 2.24) is 15.5 Å². The van der Waals surface area contributed by atoms with E-state index < -0.39 is 0 Å². The summed E-state index contributed by atoms with van der Waals surface area (Å²) in [4.78, 5) is 14.8. The molecular weight excluding hydrogens is 396 g/mol. The number of aromatic nitrogens is 2. The molecule has 0 radical (unpaired) electrons. The molecule has 1 fully saturated rings. The van der Waals surface area contributed by atoms with Crippen LogP contribution in [-0.4, -0.2) is 35.7 Å². The molecule has 6 heteroatoms. The van der Waals surface area contributed by atoms with Gasteiger partial charge < -0.3 is 10.2 Å². The Morgan fingerprint density at radius 3 is 2.57 bits per heavy atom. The number of halogens is 1. The number of hydrogen-bond acceptors (Lipinski definition) is 4. The minimum atomic E-state index is -0.0282. The molecule has 154 valence electrons. The Hall–Kier alpha value is -2.92. The summed E-state index contributed by atoms with van der Waals surface area (Å²) in [7, 11) is 0. The number of hydrogen-bond donors (Lipinski definition) is 1. The van der Waals surface area contributed by atoms with E-state index in [1.807, 2.05) is 66.7 Å². The predicted octanol–water partition coefficient (Wildman–Crippen LogP) is 4.37. The van der Waals surface area contributed by atoms with Crippen molar-refractivity contribution in [2.24, 2.45) is 5.92 Å². The first-order valence-electron chi connectivity index (χ1n) is 10.4. The van der Waals surface area contributed by atoms with E-state index in [0.29, 0.717) is 13.1 Å². The van der Waals surface area contributed by atoms with E-state index in [1.54, 1.807) is 0 Å². The van der Waals surface area contributed by atoms with Crippen LogP contribution in [0.2, 0.25) is 5.02 Å². The van der Waals surface area contributed by atoms with Crippen molar-refractivity contribution in [3.05, 3.63) is 77.3 Å². The van der Waals surface area contributed by atoms with E-state index in [2.05, 4.69) is 20.4 Å². The minimum absolute atomic E-state index is 0.0282. The van der Waals surface area contributed by atoms with Gasteiger partial charge >= 0.3 is 0 Å². The fraction of sp³-hybridized carbons (Fsp3) is 0.292. The number of benzene rings is 2. The zero-order valence-corrected chi connectivity index (χ0v) is 17.6. The lowest BCUT2D eigenvalue weighted by Gasteiger charge is -2.32. The van der Waals surface area contributed by atoms with Gasteiger partial charge in [0, 0.05) is 30.2 Å². The van der Waals surface area contributed by atoms with Crippen molar-refractivity contribution in [3.63, 3.8) is 0 Å². The van der Waals surface area contributed by atoms with Crippen LogP contribution in [0.3, 0.4) is 0 Å². The second kappa shape index (κ2) is 9.72. The SMILES string of the molecule is O=C(NCCc1ccc(Cl)cc1)C1CCCN(c2ccc(-c3ccccc3)nn2)C1. The third-order valence-electron chi connectivity index (χ3n) is 5.46. The number of rotatable bonds is 6. The van der Waals surface area contributed by atoms with Crippen molar-refractivity contribution >= 4 is 23.3 Å². The summed E-state index contributed by atoms with van der Waals surface area (Å²) in [5, 5.41) is 12.6. The fourth-order valence-corrected chi connectivity index (χ4v) is 3.91. The van der Waals surface area contributed by atoms with E-state index in [9.17, 15) is 4.79 Å². The lowest BCUT2D eigenvalue weighted by molar-refractivity contribution is -0.125. The first kappa shape index (κ1) is 20.4. The Balaban J connectivity index is 1.31. The molecule has 2 aromatic carbocycles. The summed E-state index contributed by atoms with van der Waals surface area (Å²) in [5.41, 5.74) is 3.07. The monoisotopic (exact) mass is 420 g/mol. The zero-order valence-electron chi connectivity index (χ0n) is 16.8. The van der Waals surface area contributed by atoms with E-state index in [4.69, 9.17) is 11.6 Å². The van der Waals surface area contributed by atoms with Crippen molar-refractivity contribution in [1.29, 1.82) is 0 Å². The number of nitrogens with one attached hydrogen (secondary N) is 1. The van der Waals surface area contributed by atoms with E-state index in [-0.39, 0.29) is 11.8 Å². The number of nitrogens with zero attached hydrogens (tertiary/aromatic N) is 3. The molecule has 0 spiro atoms. The average Bonchev–Trinajstić information content (AvgIpc) is 2.81. The van der Waals surface area contributed by atoms with Gasteiger partial charge in [-0.3, -0.25) is 4.79 Å². The third-order valence-corrected chi connectivity index (χ3v) is 5.71. The smallest absolute Gasteiger partial charge is 0.224 e. The molecule has 1 aliphatic heterocycles. The molecule has 30 heavy (non-hydrogen) atoms. The van der Waals surface area contributed by atoms with E-state index in [0.717, 1.165) is 47.9 Å². The third kappa shape index (κ3) is 5.16. The molecule has 1 unspecified atom stereocenters. The minimum Gasteiger partial charge on any atom is -0.355 e. The summed E-state index contributed by atoms with van der Waals surface area (Å²) in [5.74, 6) is 0.912. The van der Waals surface area contributed by atoms with Crippen LogP contribution in [0.25, 0.3) is 11.3 Å². The van der Waals surface area contributed by atoms with Crippen LogP contribution in [0.1, 0.15) is 18.4 Å². The maximum absolute atomic E-state index is 12.7. The summed E-state index contributed by atoms with van der Waals surface area (Å²) in [6, 6.07) is 21.7. The fourth-order valence-electron chi connectivity index (χ4n) is 3.78. The van der Waals surface area contributed by atoms with Gasteiger partial charge in [0.2, 0.25) is 5.91 Å². The largest absolute Gasteiger partial charge is 0.355 e. The standard InChI is InChI=1S/C24H25ClN4O/c25-21-10-8-18(9-11-21)14-15-26-24(30)20-7-4-16-29(17-20)23-13-12-22(27-28-23)19-5-2-1-3-6-19/h1-3,5-6,8-13,20H,4,7,14-17H2,(H,26,30). The molecule has 1 aliphatic rings. The van der Waals surface area contributed by atoms with Crippen LogP contribution < -0.4 is 10.2 Å². The molecule has 1 aromatic heterocycles. The molecule has 4 rings (SSSR count). The van der Waals surface area contributed by atoms with Crippen LogP contribution in [0.4, 0.5) is 5.82 Å². The Morgan fingerprint density at radius 1 is 1.03 bits per heavy atom. The van der Waals surface area contributed by atoms with Crippen LogP contribution in [-0.2, 0) is 11.2 Å². The maximum atomic E-state index is 12.7. The highest BCUT2D eigenvalue weighted by molar-refractivity contribution is 6.30. The summed E-state index contributed by atoms with van der Waals surface area (Å²) < 4.78 is 0. The molecule has 0 aliphatic carbocycles. The maximum Gasteiger partial charge on any atom is 0.224 e. The Labute approximate surface area is 182 Å². The van der Waals surface area contributed by atoms with Crippen LogP contribution in [0.15, 0.2) is 66.7 Å². The number of carbonyl (C=O) groups excluding carboxylic acids is 1. The first-order chi connectivity index (χ1) is 14.7. The molecule has 1 saturated heterocycles. The van der Waals surface area contributed by atoms with Gasteiger partial charge in [-0.15, -0.1) is 10.2 Å². The molecule has 2 heterocycles. The highest BCUT2D eigenvalue weighted by Gasteiger charge is 2.26. The normalized spacial score (nSPS) is 16.3. The van der Waals surface area contributed by atoms with E-state index in [1.165, 1.54) is 5.56 Å². The second-order valence-electron chi connectivity index (χ2n) is 7.60. The zero-order chi connectivity index (χ0) is 20.8. The van der Waals surface area contributed by atoms with Gasteiger partial charge in [0.1, 0.15) is 0 Å². The van der Waals surface area contributed by atoms with Gasteiger partial charge in [-0.25, -0.2) is 0 Å². The van der Waals surface area contributed by atoms with Crippen molar-refractivity contribution in [2.45, 2.75) is 19.3 Å². The summed E-state index contributed by atoms with van der Waals surface area (Å²) in [6.45, 7) is 2.20. The Bertz CT molecular complexity index is 961. The van der Waals surface area contributed by atoms with Crippen LogP contribution in [0.5, 0.6) is 0 Å². The quantitative estimate of drug-likeness (QED) is 0.643. The van der Waals surface area contributed by atoms with Crippen LogP contribution >= 0.6 is 11.6 Å². The summed E-state index contributed by atoms with van der Waals surface area (Å²) in [6.07, 6.45) is 2.67. The lowest BCUT2D eigenvalue weighted by Crippen LogP contribution is -2.43. The highest BCUT2D eigenvalue weighted by atomic mass is 35.5. The molecule has 1 atom stereocenters. The first-order valence-corrected chi connectivity index (χ1v) is 10.7. The number of carbonyl (C=O) groups is 1. The predicted molar refractivity (Wildman–Crippen MR) is 121 cm³/mol. The van der Waals surface area contributed by atoms with Gasteiger partial charge in [-0.05, 0) is 49.1 Å². The van der Waals surface area contributed by atoms with Gasteiger partial charge in [0.25, 0.3) is 0 Å². The Morgan fingerprint density at radius 2 is 1.83 bits per heavy atom. The average molecular weight is 421 g/mol. The van der Waals surface area contributed by atoms with Gasteiger partial charge in [-0.1, -0.05) is 54.1 Å². The van der Waals surface area contributed by atoms with Crippen LogP contribution in [0, 0.1) is 5.92 Å². The number of anilines is 1.